The number of hydrogen-bond donors (Lipinski definition) is 0. The molecule has 3 aromatic rings. The molecule has 2 aromatic carbocycles. The highest BCUT2D eigenvalue weighted by molar-refractivity contribution is 7.16. The zero-order chi connectivity index (χ0) is 17.9. The molecule has 0 fully saturated rings. The van der Waals surface area contributed by atoms with E-state index in [2.05, 4.69) is 4.99 Å². The first-order valence-corrected chi connectivity index (χ1v) is 9.12. The monoisotopic (exact) mass is 370 g/mol. The lowest BCUT2D eigenvalue weighted by Crippen LogP contribution is -2.37. The number of carbonyl (C=O) groups is 1. The first-order chi connectivity index (χ1) is 12.8. The summed E-state index contributed by atoms with van der Waals surface area (Å²) in [7, 11) is 1.65. The van der Waals surface area contributed by atoms with Crippen LogP contribution in [-0.4, -0.2) is 36.9 Å². The van der Waals surface area contributed by atoms with Crippen LogP contribution in [0.3, 0.4) is 0 Å². The number of fused-ring (bicyclic) bond motifs is 2. The molecule has 4 rings (SSSR count). The van der Waals surface area contributed by atoms with Crippen molar-refractivity contribution in [2.24, 2.45) is 4.99 Å². The molecule has 1 aromatic heterocycles. The average molecular weight is 370 g/mol. The predicted octanol–water partition coefficient (Wildman–Crippen LogP) is 2.62. The standard InChI is InChI=1S/C19H18N2O4S/c1-23-11-10-21-13-6-2-5-9-17(13)26-19(21)20-18(22)16-12-24-14-7-3-4-8-15(14)25-16/h2-9,16H,10-12H2,1H3/t16-/m0/s1. The number of ether oxygens (including phenoxy) is 3. The van der Waals surface area contributed by atoms with Gasteiger partial charge in [-0.05, 0) is 24.3 Å². The van der Waals surface area contributed by atoms with Gasteiger partial charge in [0.25, 0.3) is 5.91 Å². The molecule has 0 aliphatic carbocycles. The van der Waals surface area contributed by atoms with E-state index >= 15 is 0 Å². The lowest BCUT2D eigenvalue weighted by Gasteiger charge is -2.23. The third-order valence-electron chi connectivity index (χ3n) is 4.10. The maximum Gasteiger partial charge on any atom is 0.292 e. The van der Waals surface area contributed by atoms with Gasteiger partial charge in [0.2, 0.25) is 6.10 Å². The summed E-state index contributed by atoms with van der Waals surface area (Å²) in [6, 6.07) is 15.3. The Morgan fingerprint density at radius 3 is 2.85 bits per heavy atom. The number of nitrogens with zero attached hydrogens (tertiary/aromatic N) is 2. The highest BCUT2D eigenvalue weighted by Crippen LogP contribution is 2.31. The van der Waals surface area contributed by atoms with Gasteiger partial charge in [-0.3, -0.25) is 4.79 Å². The van der Waals surface area contributed by atoms with E-state index < -0.39 is 6.10 Å². The van der Waals surface area contributed by atoms with Gasteiger partial charge in [0.1, 0.15) is 6.61 Å². The van der Waals surface area contributed by atoms with Crippen molar-refractivity contribution in [1.82, 2.24) is 4.57 Å². The fourth-order valence-corrected chi connectivity index (χ4v) is 3.87. The summed E-state index contributed by atoms with van der Waals surface area (Å²) in [6.07, 6.45) is -0.744. The van der Waals surface area contributed by atoms with Crippen LogP contribution >= 0.6 is 11.3 Å². The molecule has 0 spiro atoms. The second-order valence-electron chi connectivity index (χ2n) is 5.81. The SMILES string of the molecule is COCCn1c(=NC(=O)[C@@H]2COc3ccccc3O2)sc2ccccc21. The van der Waals surface area contributed by atoms with Crippen LogP contribution in [0.1, 0.15) is 0 Å². The maximum atomic E-state index is 12.7. The molecule has 134 valence electrons. The van der Waals surface area contributed by atoms with E-state index in [0.717, 1.165) is 10.2 Å². The van der Waals surface area contributed by atoms with E-state index in [0.29, 0.717) is 29.5 Å². The van der Waals surface area contributed by atoms with Crippen molar-refractivity contribution in [3.63, 3.8) is 0 Å². The number of amides is 1. The van der Waals surface area contributed by atoms with Gasteiger partial charge in [0, 0.05) is 13.7 Å². The van der Waals surface area contributed by atoms with Gasteiger partial charge in [0.15, 0.2) is 16.3 Å². The van der Waals surface area contributed by atoms with Gasteiger partial charge in [-0.25, -0.2) is 0 Å². The van der Waals surface area contributed by atoms with E-state index in [-0.39, 0.29) is 12.5 Å². The third kappa shape index (κ3) is 3.23. The number of carbonyl (C=O) groups excluding carboxylic acids is 1. The Hall–Kier alpha value is -2.64. The second-order valence-corrected chi connectivity index (χ2v) is 6.82. The van der Waals surface area contributed by atoms with E-state index in [1.165, 1.54) is 11.3 Å². The van der Waals surface area contributed by atoms with Crippen LogP contribution in [0.4, 0.5) is 0 Å². The van der Waals surface area contributed by atoms with Gasteiger partial charge in [-0.2, -0.15) is 4.99 Å². The van der Waals surface area contributed by atoms with Crippen LogP contribution < -0.4 is 14.3 Å². The summed E-state index contributed by atoms with van der Waals surface area (Å²) < 4.78 is 19.6. The highest BCUT2D eigenvalue weighted by atomic mass is 32.1. The van der Waals surface area contributed by atoms with Gasteiger partial charge in [0.05, 0.1) is 16.8 Å². The van der Waals surface area contributed by atoms with Crippen molar-refractivity contribution in [3.8, 4) is 11.5 Å². The van der Waals surface area contributed by atoms with Gasteiger partial charge < -0.3 is 18.8 Å². The Labute approximate surface area is 154 Å². The Balaban J connectivity index is 1.66. The molecule has 6 nitrogen and oxygen atoms in total. The molecule has 7 heteroatoms. The number of para-hydroxylation sites is 3. The molecule has 0 saturated heterocycles. The number of thiazole rings is 1. The number of rotatable bonds is 4. The fourth-order valence-electron chi connectivity index (χ4n) is 2.81. The molecule has 0 bridgehead atoms. The van der Waals surface area contributed by atoms with E-state index in [4.69, 9.17) is 14.2 Å². The Morgan fingerprint density at radius 2 is 2.00 bits per heavy atom. The molecule has 0 unspecified atom stereocenters. The van der Waals surface area contributed by atoms with Crippen molar-refractivity contribution >= 4 is 27.5 Å². The van der Waals surface area contributed by atoms with E-state index in [1.807, 2.05) is 47.0 Å². The van der Waals surface area contributed by atoms with Gasteiger partial charge in [-0.15, -0.1) is 0 Å². The molecule has 1 aliphatic heterocycles. The van der Waals surface area contributed by atoms with Gasteiger partial charge >= 0.3 is 0 Å². The summed E-state index contributed by atoms with van der Waals surface area (Å²) in [4.78, 5) is 17.6. The maximum absolute atomic E-state index is 12.7. The Morgan fingerprint density at radius 1 is 1.23 bits per heavy atom. The van der Waals surface area contributed by atoms with Crippen LogP contribution in [0.2, 0.25) is 0 Å². The highest BCUT2D eigenvalue weighted by Gasteiger charge is 2.27. The quantitative estimate of drug-likeness (QED) is 0.708. The lowest BCUT2D eigenvalue weighted by atomic mass is 10.2. The topological polar surface area (TPSA) is 62.1 Å². The Kier molecular flexibility index (Phi) is 4.73. The minimum Gasteiger partial charge on any atom is -0.485 e. The third-order valence-corrected chi connectivity index (χ3v) is 5.16. The average Bonchev–Trinajstić information content (AvgIpc) is 3.02. The summed E-state index contributed by atoms with van der Waals surface area (Å²) >= 11 is 1.48. The largest absolute Gasteiger partial charge is 0.485 e. The van der Waals surface area contributed by atoms with Crippen LogP contribution in [-0.2, 0) is 16.1 Å². The number of aromatic nitrogens is 1. The molecular weight excluding hydrogens is 352 g/mol. The van der Waals surface area contributed by atoms with E-state index in [1.54, 1.807) is 13.2 Å². The smallest absolute Gasteiger partial charge is 0.292 e. The van der Waals surface area contributed by atoms with E-state index in [9.17, 15) is 4.79 Å². The summed E-state index contributed by atoms with van der Waals surface area (Å²) in [5.41, 5.74) is 1.03. The molecule has 26 heavy (non-hydrogen) atoms. The number of methoxy groups -OCH3 is 1. The molecule has 1 amide bonds. The van der Waals surface area contributed by atoms with Crippen molar-refractivity contribution in [3.05, 3.63) is 53.3 Å². The first kappa shape index (κ1) is 16.8. The summed E-state index contributed by atoms with van der Waals surface area (Å²) in [6.45, 7) is 1.32. The summed E-state index contributed by atoms with van der Waals surface area (Å²) in [5.74, 6) is 0.863. The predicted molar refractivity (Wildman–Crippen MR) is 98.6 cm³/mol. The molecule has 1 atom stereocenters. The molecule has 0 N–H and O–H groups in total. The second kappa shape index (κ2) is 7.31. The van der Waals surface area contributed by atoms with Crippen LogP contribution in [0, 0.1) is 0 Å². The van der Waals surface area contributed by atoms with Crippen LogP contribution in [0.5, 0.6) is 11.5 Å². The zero-order valence-corrected chi connectivity index (χ0v) is 15.1. The normalized spacial score (nSPS) is 16.8. The fraction of sp³-hybridized carbons (Fsp3) is 0.263. The van der Waals surface area contributed by atoms with Crippen molar-refractivity contribution in [1.29, 1.82) is 0 Å². The van der Waals surface area contributed by atoms with Crippen molar-refractivity contribution < 1.29 is 19.0 Å². The minimum absolute atomic E-state index is 0.155. The van der Waals surface area contributed by atoms with Crippen molar-refractivity contribution in [2.75, 3.05) is 20.3 Å². The molecule has 1 aliphatic rings. The number of benzene rings is 2. The molecule has 0 radical (unpaired) electrons. The minimum atomic E-state index is -0.744. The number of hydrogen-bond acceptors (Lipinski definition) is 5. The Bertz CT molecular complexity index is 1010. The molecular formula is C19H18N2O4S. The van der Waals surface area contributed by atoms with Crippen LogP contribution in [0.15, 0.2) is 53.5 Å². The van der Waals surface area contributed by atoms with Gasteiger partial charge in [-0.1, -0.05) is 35.6 Å². The zero-order valence-electron chi connectivity index (χ0n) is 14.3. The molecule has 0 saturated carbocycles. The summed E-state index contributed by atoms with van der Waals surface area (Å²) in [5, 5.41) is 0. The first-order valence-electron chi connectivity index (χ1n) is 8.30. The molecule has 2 heterocycles. The van der Waals surface area contributed by atoms with Crippen molar-refractivity contribution in [2.45, 2.75) is 12.6 Å². The van der Waals surface area contributed by atoms with Crippen LogP contribution in [0.25, 0.3) is 10.2 Å². The lowest BCUT2D eigenvalue weighted by molar-refractivity contribution is -0.127.